The number of carboxylic acid groups (broad SMARTS) is 1. The maximum Gasteiger partial charge on any atom is 0.494 e. The molecule has 2 amide bonds. The zero-order chi connectivity index (χ0) is 99.8. The number of amides is 2. The second-order valence-electron chi connectivity index (χ2n) is 30.2. The first-order valence-electron chi connectivity index (χ1n) is 41.2. The molecule has 9 aromatic heterocycles. The molecule has 33 nitrogen and oxygen atoms in total. The number of benzene rings is 9. The lowest BCUT2D eigenvalue weighted by Gasteiger charge is -2.32. The lowest BCUT2D eigenvalue weighted by molar-refractivity contribution is 0.00578. The highest BCUT2D eigenvalue weighted by atomic mass is 79.9. The van der Waals surface area contributed by atoms with Crippen molar-refractivity contribution in [3.63, 3.8) is 0 Å². The first kappa shape index (κ1) is 111. The van der Waals surface area contributed by atoms with Crippen LogP contribution in [0.3, 0.4) is 0 Å². The molecule has 9 aromatic carbocycles. The van der Waals surface area contributed by atoms with Crippen molar-refractivity contribution in [3.8, 4) is 11.1 Å². The van der Waals surface area contributed by atoms with Gasteiger partial charge in [-0.15, -0.1) is 6.58 Å². The standard InChI is InChI=1S/C20H17N5O3.C13H17BN2O3.C13H12BrN3O2.C10H7BrN2.C9H4BrClN2O.C9H5BrN2O2.C9H5BrN2O.C8H4BrClN2.C3H6.2CH4.Cl2OS/c21-20-24-16-10-13(2-4-18(16)28-20)12-1-3-14-15(9-12)23-17(11-22-14)19(26)25-5-7-27-8-6-25;1-12(2)13(3,4)19-14(18-12)8-5-6-10-9(7-8)16-11(15)17-10;14-9-1-2-10-11(7-9)16-12(8-15-10)13(18)17-3-5-19-6-4-17;1-2-8-6-12-9-4-3-7(11)5-10(9)13-8;10-5-1-2-6-7(3-5)13-8(4-12-6)9(11)14;10-5-1-2-6-7(3-5)12-8(4-11-6)9(13)14;10-6-1-2-8-9(3-6)12-7(5-13)4-11-8;9-5-1-2-6-7(3-5)12-8(10)4-11-6;1-3-2;;;1-4(2)3/h1-4,9-11H,5-8H2,(H2,21,24);5-7H,1-4H3,(H2,15,16);1-2,7-8H,3-6H2;2-6H,1H2;1-4H;1-4H,(H,13,14);1-5H;1-4H;3H,1H2,2H3;2*1H4;. The van der Waals surface area contributed by atoms with E-state index in [2.05, 4.69) is 210 Å². The monoisotopic (exact) mass is 2380 g/mol. The zero-order valence-corrected chi connectivity index (χ0v) is 87.1. The molecule has 0 unspecified atom stereocenters. The summed E-state index contributed by atoms with van der Waals surface area (Å²) in [6.45, 7) is 21.6. The van der Waals surface area contributed by atoms with Crippen molar-refractivity contribution < 1.29 is 60.9 Å². The van der Waals surface area contributed by atoms with Gasteiger partial charge in [-0.2, -0.15) is 9.97 Å². The Hall–Kier alpha value is -11.8. The summed E-state index contributed by atoms with van der Waals surface area (Å²) >= 11 is 31.0. The van der Waals surface area contributed by atoms with E-state index in [1.54, 1.807) is 46.3 Å². The van der Waals surface area contributed by atoms with Crippen LogP contribution in [-0.2, 0) is 28.0 Å². The van der Waals surface area contributed by atoms with Gasteiger partial charge < -0.3 is 54.0 Å². The number of oxazole rings is 2. The van der Waals surface area contributed by atoms with Crippen molar-refractivity contribution in [2.75, 3.05) is 64.1 Å². The SMILES string of the molecule is C.C.C=CC.C=Cc1cnc2ccc(Br)cc2n1.CC1(C)OB(c2ccc3oc(N)nc3c2)OC1(C)C.Clc1cnc2ccc(Br)cc2n1.Nc1nc2cc(-c3ccc4ncc(C(=O)N5CCOCC5)nc4c3)ccc2o1.O=C(Cl)c1cnc2ccc(Br)cc2n1.O=C(O)c1cnc2ccc(Br)cc2n1.O=C(c1cnc2ccc(Br)cc2n1)N1CCOCC1.O=Cc1cnc2ccc(Br)cc2n1.O=S(Cl)Cl. The Morgan fingerprint density at radius 2 is 0.730 bits per heavy atom. The van der Waals surface area contributed by atoms with Gasteiger partial charge in [0.15, 0.2) is 23.1 Å². The van der Waals surface area contributed by atoms with E-state index in [9.17, 15) is 24.0 Å². The number of anilines is 2. The predicted molar refractivity (Wildman–Crippen MR) is 575 cm³/mol. The number of rotatable bonds is 8. The Bertz CT molecular complexity index is 7380. The van der Waals surface area contributed by atoms with Gasteiger partial charge in [0.2, 0.25) is 9.23 Å². The fourth-order valence-electron chi connectivity index (χ4n) is 12.7. The molecule has 0 radical (unpaired) electrons. The van der Waals surface area contributed by atoms with Crippen molar-refractivity contribution in [1.29, 1.82) is 0 Å². The summed E-state index contributed by atoms with van der Waals surface area (Å²) in [5.41, 5.74) is 28.4. The maximum absolute atomic E-state index is 12.7. The molecule has 0 atom stereocenters. The average molecular weight is 2390 g/mol. The molecule has 21 rings (SSSR count). The van der Waals surface area contributed by atoms with Crippen LogP contribution in [0.2, 0.25) is 5.15 Å². The van der Waals surface area contributed by atoms with Crippen LogP contribution in [0, 0.1) is 0 Å². The molecular formula is C96H85BBr6Cl4N20O13S. The van der Waals surface area contributed by atoms with Crippen molar-refractivity contribution in [2.24, 2.45) is 0 Å². The number of nitrogens with two attached hydrogens (primary N) is 2. The Kier molecular flexibility index (Phi) is 41.2. The van der Waals surface area contributed by atoms with Gasteiger partial charge in [-0.1, -0.05) is 153 Å². The minimum atomic E-state index is -1.67. The van der Waals surface area contributed by atoms with E-state index in [0.29, 0.717) is 131 Å². The summed E-state index contributed by atoms with van der Waals surface area (Å²) in [4.78, 5) is 127. The van der Waals surface area contributed by atoms with Crippen molar-refractivity contribution >= 4 is 309 Å². The third kappa shape index (κ3) is 31.4. The average Bonchev–Trinajstić information content (AvgIpc) is 1.61. The van der Waals surface area contributed by atoms with Gasteiger partial charge in [0, 0.05) is 74.4 Å². The Morgan fingerprint density at radius 1 is 0.426 bits per heavy atom. The van der Waals surface area contributed by atoms with Crippen LogP contribution in [-0.4, -0.2) is 199 Å². The Labute approximate surface area is 879 Å². The minimum Gasteiger partial charge on any atom is -0.476 e. The number of ether oxygens (including phenoxy) is 2. The molecule has 12 heterocycles. The normalized spacial score (nSPS) is 13.1. The first-order chi connectivity index (χ1) is 66.5. The summed E-state index contributed by atoms with van der Waals surface area (Å²) in [7, 11) is 6.96. The van der Waals surface area contributed by atoms with Gasteiger partial charge >= 0.3 is 13.1 Å². The van der Waals surface area contributed by atoms with Crippen molar-refractivity contribution in [2.45, 2.75) is 60.7 Å². The van der Waals surface area contributed by atoms with Crippen molar-refractivity contribution in [3.05, 3.63) is 293 Å². The number of carboxylic acids is 1. The second-order valence-corrected chi connectivity index (χ2v) is 39.0. The van der Waals surface area contributed by atoms with Crippen LogP contribution in [0.25, 0.3) is 117 Å². The smallest absolute Gasteiger partial charge is 0.476 e. The van der Waals surface area contributed by atoms with Crippen LogP contribution in [0.1, 0.15) is 108 Å². The van der Waals surface area contributed by atoms with Crippen LogP contribution in [0.4, 0.5) is 12.0 Å². The molecule has 18 aromatic rings. The molecule has 726 valence electrons. The maximum atomic E-state index is 12.7. The minimum absolute atomic E-state index is 0. The number of morpholine rings is 2. The number of aromatic nitrogens is 16. The highest BCUT2D eigenvalue weighted by molar-refractivity contribution is 9.11. The van der Waals surface area contributed by atoms with Crippen molar-refractivity contribution in [1.82, 2.24) is 89.5 Å². The zero-order valence-electron chi connectivity index (χ0n) is 73.7. The van der Waals surface area contributed by atoms with E-state index in [0.717, 1.165) is 98.8 Å². The largest absolute Gasteiger partial charge is 0.494 e. The predicted octanol–water partition coefficient (Wildman–Crippen LogP) is 22.7. The number of halogens is 10. The van der Waals surface area contributed by atoms with E-state index in [1.165, 1.54) is 37.2 Å². The topological polar surface area (TPSA) is 451 Å². The molecular weight excluding hydrogens is 2310 g/mol. The number of hydrogen-bond donors (Lipinski definition) is 3. The molecule has 5 N–H and O–H groups in total. The van der Waals surface area contributed by atoms with Crippen LogP contribution >= 0.6 is 140 Å². The molecule has 0 spiro atoms. The number of nitrogen functional groups attached to an aromatic ring is 2. The number of carbonyl (C=O) groups is 5. The summed E-state index contributed by atoms with van der Waals surface area (Å²) in [6.07, 6.45) is 14.5. The van der Waals surface area contributed by atoms with E-state index in [-0.39, 0.29) is 61.3 Å². The van der Waals surface area contributed by atoms with Gasteiger partial charge in [0.1, 0.15) is 39.0 Å². The number of carbonyl (C=O) groups excluding carboxylic acids is 4. The van der Waals surface area contributed by atoms with Crippen LogP contribution in [0.5, 0.6) is 0 Å². The third-order valence-corrected chi connectivity index (χ3v) is 23.4. The molecule has 3 aliphatic rings. The van der Waals surface area contributed by atoms with E-state index >= 15 is 0 Å². The molecule has 3 saturated heterocycles. The lowest BCUT2D eigenvalue weighted by atomic mass is 9.79. The number of aromatic carboxylic acids is 1. The number of allylic oxidation sites excluding steroid dienone is 1. The Morgan fingerprint density at radius 3 is 1.12 bits per heavy atom. The van der Waals surface area contributed by atoms with Crippen LogP contribution in [0.15, 0.2) is 262 Å². The lowest BCUT2D eigenvalue weighted by Crippen LogP contribution is -2.41. The Balaban J connectivity index is 0.000000166. The molecule has 3 fully saturated rings. The number of hydrogen-bond acceptors (Lipinski definition) is 30. The van der Waals surface area contributed by atoms with Gasteiger partial charge in [-0.05, 0) is 214 Å². The highest BCUT2D eigenvalue weighted by Crippen LogP contribution is 2.37. The number of fused-ring (bicyclic) bond motifs is 9. The third-order valence-electron chi connectivity index (χ3n) is 20.1. The van der Waals surface area contributed by atoms with E-state index in [4.69, 9.17) is 71.6 Å². The fraction of sp³-hybridized carbons (Fsp3) is 0.177. The number of aldehydes is 1. The van der Waals surface area contributed by atoms with Crippen LogP contribution < -0.4 is 16.9 Å². The summed E-state index contributed by atoms with van der Waals surface area (Å²) in [5, 5.41) is 8.52. The fourth-order valence-corrected chi connectivity index (χ4v) is 15.1. The quantitative estimate of drug-likeness (QED) is 0.0550. The van der Waals surface area contributed by atoms with Gasteiger partial charge in [0.05, 0.1) is 164 Å². The summed E-state index contributed by atoms with van der Waals surface area (Å²) in [5.74, 6) is -1.28. The number of nitrogens with zero attached hydrogens (tertiary/aromatic N) is 18. The molecule has 0 bridgehead atoms. The van der Waals surface area contributed by atoms with E-state index in [1.807, 2.05) is 180 Å². The molecule has 45 heteroatoms. The first-order valence-corrected chi connectivity index (χ1v) is 49.5. The second kappa shape index (κ2) is 52.3. The molecule has 0 saturated carbocycles. The summed E-state index contributed by atoms with van der Waals surface area (Å²) < 4.78 is 47.8. The van der Waals surface area contributed by atoms with Gasteiger partial charge in [-0.25, -0.2) is 43.9 Å². The highest BCUT2D eigenvalue weighted by Gasteiger charge is 2.52. The van der Waals surface area contributed by atoms with Gasteiger partial charge in [0.25, 0.3) is 29.1 Å². The molecule has 141 heavy (non-hydrogen) atoms. The molecule has 3 aliphatic heterocycles. The summed E-state index contributed by atoms with van der Waals surface area (Å²) in [6, 6.07) is 50.9. The van der Waals surface area contributed by atoms with Gasteiger partial charge in [-0.3, -0.25) is 54.1 Å². The molecule has 0 aliphatic carbocycles. The van der Waals surface area contributed by atoms with E-state index < -0.39 is 27.6 Å².